The molecule has 2 fully saturated rings. The molecule has 2 bridgehead atoms. The normalized spacial score (nSPS) is 24.9. The van der Waals surface area contributed by atoms with Crippen LogP contribution in [0.15, 0.2) is 18.2 Å². The number of piperazine rings is 1. The molecule has 1 aromatic carbocycles. The molecule has 2 heterocycles. The van der Waals surface area contributed by atoms with Crippen molar-refractivity contribution in [3.8, 4) is 0 Å². The quantitative estimate of drug-likeness (QED) is 0.906. The topological polar surface area (TPSA) is 35.6 Å². The van der Waals surface area contributed by atoms with Crippen LogP contribution in [0.5, 0.6) is 0 Å². The van der Waals surface area contributed by atoms with Crippen LogP contribution in [0.1, 0.15) is 23.2 Å². The molecular formula is C15H20ClN3O. The largest absolute Gasteiger partial charge is 0.363 e. The van der Waals surface area contributed by atoms with E-state index in [1.54, 1.807) is 19.0 Å². The summed E-state index contributed by atoms with van der Waals surface area (Å²) in [6.45, 7) is 2.07. The Morgan fingerprint density at radius 1 is 1.30 bits per heavy atom. The van der Waals surface area contributed by atoms with Crippen LogP contribution in [-0.4, -0.2) is 50.1 Å². The summed E-state index contributed by atoms with van der Waals surface area (Å²) in [4.78, 5) is 16.0. The maximum atomic E-state index is 12.0. The van der Waals surface area contributed by atoms with Crippen molar-refractivity contribution in [2.75, 3.05) is 32.1 Å². The van der Waals surface area contributed by atoms with Gasteiger partial charge >= 0.3 is 0 Å². The van der Waals surface area contributed by atoms with Gasteiger partial charge in [-0.05, 0) is 31.0 Å². The Labute approximate surface area is 124 Å². The predicted molar refractivity (Wildman–Crippen MR) is 81.6 cm³/mol. The van der Waals surface area contributed by atoms with Crippen LogP contribution in [0.3, 0.4) is 0 Å². The first-order chi connectivity index (χ1) is 9.58. The lowest BCUT2D eigenvalue weighted by molar-refractivity contribution is 0.0828. The SMILES string of the molecule is CN(C)C(=O)c1ccc(N2[C@@H]3CC[C@H]2CNC3)cc1Cl. The summed E-state index contributed by atoms with van der Waals surface area (Å²) in [5.74, 6) is -0.0511. The van der Waals surface area contributed by atoms with Gasteiger partial charge in [-0.25, -0.2) is 0 Å². The van der Waals surface area contributed by atoms with Gasteiger partial charge in [0.1, 0.15) is 0 Å². The van der Waals surface area contributed by atoms with Crippen molar-refractivity contribution in [2.24, 2.45) is 0 Å². The number of nitrogens with one attached hydrogen (secondary N) is 1. The first-order valence-electron chi connectivity index (χ1n) is 7.08. The minimum atomic E-state index is -0.0511. The fraction of sp³-hybridized carbons (Fsp3) is 0.533. The van der Waals surface area contributed by atoms with Crippen molar-refractivity contribution in [1.82, 2.24) is 10.2 Å². The van der Waals surface area contributed by atoms with Gasteiger partial charge < -0.3 is 15.1 Å². The molecule has 2 aliphatic rings. The number of carbonyl (C=O) groups is 1. The van der Waals surface area contributed by atoms with Gasteiger partial charge in [-0.1, -0.05) is 11.6 Å². The molecule has 5 heteroatoms. The smallest absolute Gasteiger partial charge is 0.254 e. The Morgan fingerprint density at radius 3 is 2.50 bits per heavy atom. The maximum Gasteiger partial charge on any atom is 0.254 e. The van der Waals surface area contributed by atoms with Crippen molar-refractivity contribution < 1.29 is 4.79 Å². The lowest BCUT2D eigenvalue weighted by Crippen LogP contribution is -2.52. The fourth-order valence-electron chi connectivity index (χ4n) is 3.28. The highest BCUT2D eigenvalue weighted by atomic mass is 35.5. The second-order valence-corrected chi connectivity index (χ2v) is 6.22. The van der Waals surface area contributed by atoms with Crippen LogP contribution in [0.2, 0.25) is 5.02 Å². The molecule has 0 aliphatic carbocycles. The molecule has 1 N–H and O–H groups in total. The lowest BCUT2D eigenvalue weighted by Gasteiger charge is -2.37. The molecule has 1 aromatic rings. The summed E-state index contributed by atoms with van der Waals surface area (Å²) in [7, 11) is 3.48. The number of fused-ring (bicyclic) bond motifs is 2. The molecule has 3 rings (SSSR count). The predicted octanol–water partition coefficient (Wildman–Crippen LogP) is 1.98. The number of amides is 1. The first-order valence-corrected chi connectivity index (χ1v) is 7.46. The fourth-order valence-corrected chi connectivity index (χ4v) is 3.53. The van der Waals surface area contributed by atoms with Gasteiger partial charge in [0.05, 0.1) is 10.6 Å². The summed E-state index contributed by atoms with van der Waals surface area (Å²) in [5, 5.41) is 4.01. The van der Waals surface area contributed by atoms with Crippen molar-refractivity contribution in [3.63, 3.8) is 0 Å². The molecule has 2 saturated heterocycles. The van der Waals surface area contributed by atoms with Gasteiger partial charge in [-0.2, -0.15) is 0 Å². The van der Waals surface area contributed by atoms with E-state index in [0.717, 1.165) is 18.8 Å². The second-order valence-electron chi connectivity index (χ2n) is 5.81. The van der Waals surface area contributed by atoms with E-state index >= 15 is 0 Å². The zero-order valence-electron chi connectivity index (χ0n) is 11.9. The molecule has 4 nitrogen and oxygen atoms in total. The minimum Gasteiger partial charge on any atom is -0.363 e. The average molecular weight is 294 g/mol. The molecule has 0 aromatic heterocycles. The van der Waals surface area contributed by atoms with Crippen LogP contribution in [0.4, 0.5) is 5.69 Å². The summed E-state index contributed by atoms with van der Waals surface area (Å²) < 4.78 is 0. The van der Waals surface area contributed by atoms with Crippen molar-refractivity contribution in [1.29, 1.82) is 0 Å². The molecule has 2 atom stereocenters. The third kappa shape index (κ3) is 2.27. The molecule has 0 unspecified atom stereocenters. The molecule has 0 radical (unpaired) electrons. The molecule has 0 saturated carbocycles. The van der Waals surface area contributed by atoms with Crippen molar-refractivity contribution >= 4 is 23.2 Å². The number of rotatable bonds is 2. The van der Waals surface area contributed by atoms with Gasteiger partial charge in [0.15, 0.2) is 0 Å². The Hall–Kier alpha value is -1.26. The van der Waals surface area contributed by atoms with E-state index < -0.39 is 0 Å². The number of hydrogen-bond acceptors (Lipinski definition) is 3. The van der Waals surface area contributed by atoms with E-state index in [0.29, 0.717) is 22.7 Å². The van der Waals surface area contributed by atoms with E-state index in [1.807, 2.05) is 18.2 Å². The first kappa shape index (κ1) is 13.7. The summed E-state index contributed by atoms with van der Waals surface area (Å²) in [5.41, 5.74) is 1.71. The highest BCUT2D eigenvalue weighted by molar-refractivity contribution is 6.34. The van der Waals surface area contributed by atoms with E-state index in [4.69, 9.17) is 11.6 Å². The zero-order chi connectivity index (χ0) is 14.3. The minimum absolute atomic E-state index is 0.0511. The Morgan fingerprint density at radius 2 is 1.95 bits per heavy atom. The van der Waals surface area contributed by atoms with Crippen molar-refractivity contribution in [2.45, 2.75) is 24.9 Å². The third-order valence-electron chi connectivity index (χ3n) is 4.27. The van der Waals surface area contributed by atoms with Gasteiger partial charge in [0.25, 0.3) is 5.91 Å². The standard InChI is InChI=1S/C15H20ClN3O/c1-18(2)15(20)13-6-5-10(7-14(13)16)19-11-3-4-12(19)9-17-8-11/h5-7,11-12,17H,3-4,8-9H2,1-2H3/t11-,12+. The molecule has 0 spiro atoms. The van der Waals surface area contributed by atoms with E-state index in [1.165, 1.54) is 12.8 Å². The summed E-state index contributed by atoms with van der Waals surface area (Å²) in [6, 6.07) is 6.93. The number of hydrogen-bond donors (Lipinski definition) is 1. The van der Waals surface area contributed by atoms with Crippen LogP contribution in [0, 0.1) is 0 Å². The summed E-state index contributed by atoms with van der Waals surface area (Å²) >= 11 is 6.31. The number of benzene rings is 1. The monoisotopic (exact) mass is 293 g/mol. The molecule has 108 valence electrons. The zero-order valence-corrected chi connectivity index (χ0v) is 12.7. The van der Waals surface area contributed by atoms with E-state index in [-0.39, 0.29) is 5.91 Å². The molecule has 2 aliphatic heterocycles. The highest BCUT2D eigenvalue weighted by Gasteiger charge is 2.36. The number of anilines is 1. The van der Waals surface area contributed by atoms with Gasteiger partial charge in [-0.15, -0.1) is 0 Å². The van der Waals surface area contributed by atoms with Crippen LogP contribution >= 0.6 is 11.6 Å². The van der Waals surface area contributed by atoms with E-state index in [9.17, 15) is 4.79 Å². The molecule has 20 heavy (non-hydrogen) atoms. The van der Waals surface area contributed by atoms with Crippen molar-refractivity contribution in [3.05, 3.63) is 28.8 Å². The number of carbonyl (C=O) groups excluding carboxylic acids is 1. The molecule has 1 amide bonds. The Balaban J connectivity index is 1.89. The van der Waals surface area contributed by atoms with Gasteiger partial charge in [0, 0.05) is 45.0 Å². The molecular weight excluding hydrogens is 274 g/mol. The van der Waals surface area contributed by atoms with E-state index in [2.05, 4.69) is 10.2 Å². The van der Waals surface area contributed by atoms with Gasteiger partial charge in [-0.3, -0.25) is 4.79 Å². The van der Waals surface area contributed by atoms with Crippen LogP contribution < -0.4 is 10.2 Å². The number of nitrogens with zero attached hydrogens (tertiary/aromatic N) is 2. The lowest BCUT2D eigenvalue weighted by atomic mass is 10.1. The average Bonchev–Trinajstić information content (AvgIpc) is 2.67. The van der Waals surface area contributed by atoms with Gasteiger partial charge in [0.2, 0.25) is 0 Å². The summed E-state index contributed by atoms with van der Waals surface area (Å²) in [6.07, 6.45) is 2.46. The highest BCUT2D eigenvalue weighted by Crippen LogP contribution is 2.34. The Kier molecular flexibility index (Phi) is 3.61. The Bertz CT molecular complexity index is 516. The van der Waals surface area contributed by atoms with Crippen LogP contribution in [0.25, 0.3) is 0 Å². The second kappa shape index (κ2) is 5.26. The maximum absolute atomic E-state index is 12.0. The number of halogens is 1. The van der Waals surface area contributed by atoms with Crippen LogP contribution in [-0.2, 0) is 0 Å². The third-order valence-corrected chi connectivity index (χ3v) is 4.58.